The molecule has 0 spiro atoms. The van der Waals surface area contributed by atoms with Crippen molar-refractivity contribution in [2.45, 2.75) is 84.2 Å². The van der Waals surface area contributed by atoms with Gasteiger partial charge in [0.05, 0.1) is 0 Å². The zero-order valence-corrected chi connectivity index (χ0v) is 12.9. The third-order valence-electron chi connectivity index (χ3n) is 3.91. The van der Waals surface area contributed by atoms with Gasteiger partial charge in [0.2, 0.25) is 0 Å². The first-order valence-electron chi connectivity index (χ1n) is 8.21. The van der Waals surface area contributed by atoms with Crippen molar-refractivity contribution in [1.29, 1.82) is 0 Å². The Morgan fingerprint density at radius 1 is 1.00 bits per heavy atom. The molecule has 0 aromatic carbocycles. The van der Waals surface area contributed by atoms with Crippen LogP contribution >= 0.6 is 0 Å². The molecule has 18 heavy (non-hydrogen) atoms. The second kappa shape index (κ2) is 9.80. The van der Waals surface area contributed by atoms with E-state index in [2.05, 4.69) is 31.0 Å². The maximum absolute atomic E-state index is 3.60. The van der Waals surface area contributed by atoms with Gasteiger partial charge in [0.15, 0.2) is 0 Å². The van der Waals surface area contributed by atoms with Gasteiger partial charge in [-0.1, -0.05) is 26.2 Å². The lowest BCUT2D eigenvalue weighted by molar-refractivity contribution is 0.212. The Kier molecular flexibility index (Phi) is 8.70. The maximum Gasteiger partial charge on any atom is 0.00682 e. The van der Waals surface area contributed by atoms with Crippen molar-refractivity contribution in [2.24, 2.45) is 0 Å². The van der Waals surface area contributed by atoms with E-state index in [9.17, 15) is 0 Å². The summed E-state index contributed by atoms with van der Waals surface area (Å²) in [5.41, 5.74) is 0. The molecule has 0 heterocycles. The van der Waals surface area contributed by atoms with Gasteiger partial charge in [-0.2, -0.15) is 0 Å². The second-order valence-corrected chi connectivity index (χ2v) is 6.13. The fourth-order valence-electron chi connectivity index (χ4n) is 2.40. The van der Waals surface area contributed by atoms with Crippen LogP contribution in [-0.4, -0.2) is 36.6 Å². The predicted molar refractivity (Wildman–Crippen MR) is 81.1 cm³/mol. The van der Waals surface area contributed by atoms with E-state index in [-0.39, 0.29) is 0 Å². The van der Waals surface area contributed by atoms with Gasteiger partial charge in [-0.3, -0.25) is 0 Å². The van der Waals surface area contributed by atoms with Crippen LogP contribution in [0.2, 0.25) is 0 Å². The summed E-state index contributed by atoms with van der Waals surface area (Å²) in [7, 11) is 0. The zero-order chi connectivity index (χ0) is 13.2. The van der Waals surface area contributed by atoms with Crippen LogP contribution in [0.4, 0.5) is 0 Å². The fraction of sp³-hybridized carbons (Fsp3) is 1.00. The van der Waals surface area contributed by atoms with Crippen molar-refractivity contribution in [1.82, 2.24) is 10.2 Å². The maximum atomic E-state index is 3.60. The summed E-state index contributed by atoms with van der Waals surface area (Å²) in [5, 5.41) is 3.60. The lowest BCUT2D eigenvalue weighted by atomic mass is 10.2. The van der Waals surface area contributed by atoms with Crippen molar-refractivity contribution < 1.29 is 0 Å². The Hall–Kier alpha value is -0.0800. The molecule has 1 rings (SSSR count). The third kappa shape index (κ3) is 8.10. The van der Waals surface area contributed by atoms with Crippen LogP contribution in [0.25, 0.3) is 0 Å². The van der Waals surface area contributed by atoms with E-state index in [1.54, 1.807) is 0 Å². The van der Waals surface area contributed by atoms with Crippen molar-refractivity contribution in [3.05, 3.63) is 0 Å². The van der Waals surface area contributed by atoms with Crippen LogP contribution in [0.5, 0.6) is 0 Å². The van der Waals surface area contributed by atoms with Gasteiger partial charge in [-0.25, -0.2) is 0 Å². The molecule has 1 fully saturated rings. The number of rotatable bonds is 12. The smallest absolute Gasteiger partial charge is 0.00682 e. The monoisotopic (exact) mass is 254 g/mol. The summed E-state index contributed by atoms with van der Waals surface area (Å²) in [6, 6.07) is 1.60. The number of hydrogen-bond acceptors (Lipinski definition) is 2. The van der Waals surface area contributed by atoms with Crippen molar-refractivity contribution in [3.8, 4) is 0 Å². The Bertz CT molecular complexity index is 188. The molecular formula is C16H34N2. The van der Waals surface area contributed by atoms with Gasteiger partial charge in [0, 0.05) is 12.1 Å². The van der Waals surface area contributed by atoms with E-state index in [1.807, 2.05) is 0 Å². The Morgan fingerprint density at radius 2 is 1.67 bits per heavy atom. The first-order valence-corrected chi connectivity index (χ1v) is 8.21. The quantitative estimate of drug-likeness (QED) is 0.533. The van der Waals surface area contributed by atoms with E-state index in [0.717, 1.165) is 6.04 Å². The van der Waals surface area contributed by atoms with Crippen LogP contribution in [-0.2, 0) is 0 Å². The summed E-state index contributed by atoms with van der Waals surface area (Å²) in [6.45, 7) is 10.8. The highest BCUT2D eigenvalue weighted by Gasteiger charge is 2.19. The minimum atomic E-state index is 0.714. The molecular weight excluding hydrogens is 220 g/mol. The Balaban J connectivity index is 1.94. The molecule has 1 saturated carbocycles. The van der Waals surface area contributed by atoms with Crippen molar-refractivity contribution >= 4 is 0 Å². The van der Waals surface area contributed by atoms with Gasteiger partial charge < -0.3 is 10.2 Å². The third-order valence-corrected chi connectivity index (χ3v) is 3.91. The summed E-state index contributed by atoms with van der Waals surface area (Å²) in [6.07, 6.45) is 11.0. The van der Waals surface area contributed by atoms with E-state index in [0.29, 0.717) is 6.04 Å². The number of nitrogens with one attached hydrogen (secondary N) is 1. The highest BCUT2D eigenvalue weighted by atomic mass is 15.1. The molecule has 1 N–H and O–H groups in total. The number of nitrogens with zero attached hydrogens (tertiary/aromatic N) is 1. The molecule has 0 aliphatic heterocycles. The molecule has 0 radical (unpaired) electrons. The lowest BCUT2D eigenvalue weighted by Gasteiger charge is -2.26. The largest absolute Gasteiger partial charge is 0.314 e. The lowest BCUT2D eigenvalue weighted by Crippen LogP contribution is -2.32. The molecule has 0 atom stereocenters. The van der Waals surface area contributed by atoms with Crippen LogP contribution in [0.15, 0.2) is 0 Å². The molecule has 1 aliphatic carbocycles. The Morgan fingerprint density at radius 3 is 2.22 bits per heavy atom. The molecule has 1 aliphatic rings. The van der Waals surface area contributed by atoms with Crippen LogP contribution in [0.3, 0.4) is 0 Å². The zero-order valence-electron chi connectivity index (χ0n) is 12.9. The fourth-order valence-corrected chi connectivity index (χ4v) is 2.40. The SMILES string of the molecule is CCCCCN(CCCCCNC1CC1)C(C)C. The van der Waals surface area contributed by atoms with Gasteiger partial charge in [0.25, 0.3) is 0 Å². The first kappa shape index (κ1) is 16.0. The second-order valence-electron chi connectivity index (χ2n) is 6.13. The molecule has 0 amide bonds. The van der Waals surface area contributed by atoms with E-state index in [4.69, 9.17) is 0 Å². The molecule has 0 bridgehead atoms. The number of unbranched alkanes of at least 4 members (excludes halogenated alkanes) is 4. The molecule has 108 valence electrons. The van der Waals surface area contributed by atoms with Crippen LogP contribution in [0.1, 0.15) is 72.1 Å². The molecule has 2 nitrogen and oxygen atoms in total. The summed E-state index contributed by atoms with van der Waals surface area (Å²) in [5.74, 6) is 0. The standard InChI is InChI=1S/C16H34N2/c1-4-5-8-13-18(15(2)3)14-9-6-7-12-17-16-10-11-16/h15-17H,4-14H2,1-3H3. The molecule has 2 heteroatoms. The van der Waals surface area contributed by atoms with Gasteiger partial charge >= 0.3 is 0 Å². The van der Waals surface area contributed by atoms with E-state index >= 15 is 0 Å². The highest BCUT2D eigenvalue weighted by Crippen LogP contribution is 2.18. The predicted octanol–water partition coefficient (Wildman–Crippen LogP) is 3.81. The summed E-state index contributed by atoms with van der Waals surface area (Å²) in [4.78, 5) is 2.66. The van der Waals surface area contributed by atoms with Crippen molar-refractivity contribution in [2.75, 3.05) is 19.6 Å². The van der Waals surface area contributed by atoms with Crippen LogP contribution in [0, 0.1) is 0 Å². The number of hydrogen-bond donors (Lipinski definition) is 1. The minimum absolute atomic E-state index is 0.714. The van der Waals surface area contributed by atoms with Gasteiger partial charge in [-0.05, 0) is 65.6 Å². The summed E-state index contributed by atoms with van der Waals surface area (Å²) < 4.78 is 0. The van der Waals surface area contributed by atoms with Crippen LogP contribution < -0.4 is 5.32 Å². The Labute approximate surface area is 115 Å². The average molecular weight is 254 g/mol. The van der Waals surface area contributed by atoms with Crippen molar-refractivity contribution in [3.63, 3.8) is 0 Å². The molecule has 0 saturated heterocycles. The molecule has 0 aromatic rings. The molecule has 0 unspecified atom stereocenters. The highest BCUT2D eigenvalue weighted by molar-refractivity contribution is 4.80. The van der Waals surface area contributed by atoms with E-state index < -0.39 is 0 Å². The topological polar surface area (TPSA) is 15.3 Å². The van der Waals surface area contributed by atoms with E-state index in [1.165, 1.54) is 71.0 Å². The first-order chi connectivity index (χ1) is 8.74. The minimum Gasteiger partial charge on any atom is -0.314 e. The summed E-state index contributed by atoms with van der Waals surface area (Å²) >= 11 is 0. The molecule has 0 aromatic heterocycles. The average Bonchev–Trinajstić information content (AvgIpc) is 3.15. The van der Waals surface area contributed by atoms with Gasteiger partial charge in [-0.15, -0.1) is 0 Å². The normalized spacial score (nSPS) is 15.8. The van der Waals surface area contributed by atoms with Gasteiger partial charge in [0.1, 0.15) is 0 Å².